The minimum absolute atomic E-state index is 0.0674. The summed E-state index contributed by atoms with van der Waals surface area (Å²) in [6, 6.07) is -0.849. The molecule has 0 aromatic heterocycles. The molecular weight excluding hydrogens is 288 g/mol. The molecule has 2 atom stereocenters. The lowest BCUT2D eigenvalue weighted by atomic mass is 10.1. The van der Waals surface area contributed by atoms with Crippen LogP contribution in [0.1, 0.15) is 25.7 Å². The number of nitrogens with one attached hydrogen (secondary N) is 2. The van der Waals surface area contributed by atoms with Gasteiger partial charge in [0.05, 0.1) is 12.6 Å². The minimum atomic E-state index is -0.621. The number of amides is 4. The van der Waals surface area contributed by atoms with E-state index in [-0.39, 0.29) is 30.9 Å². The molecular formula is C14H20N4O4. The van der Waals surface area contributed by atoms with E-state index in [0.717, 1.165) is 30.7 Å². The van der Waals surface area contributed by atoms with Crippen LogP contribution in [0, 0.1) is 0 Å². The molecule has 3 heterocycles. The smallest absolute Gasteiger partial charge is 0.252 e. The van der Waals surface area contributed by atoms with Crippen molar-refractivity contribution in [3.63, 3.8) is 0 Å². The topological polar surface area (TPSA) is 98.8 Å². The van der Waals surface area contributed by atoms with E-state index in [1.165, 1.54) is 0 Å². The summed E-state index contributed by atoms with van der Waals surface area (Å²) in [6.45, 7) is 0.933. The summed E-state index contributed by atoms with van der Waals surface area (Å²) in [5.41, 5.74) is 0. The summed E-state index contributed by atoms with van der Waals surface area (Å²) in [5, 5.41) is 5.55. The Morgan fingerprint density at radius 2 is 1.91 bits per heavy atom. The highest BCUT2D eigenvalue weighted by atomic mass is 16.2. The van der Waals surface area contributed by atoms with E-state index in [0.29, 0.717) is 13.0 Å². The summed E-state index contributed by atoms with van der Waals surface area (Å²) in [4.78, 5) is 50.9. The van der Waals surface area contributed by atoms with Crippen LogP contribution in [0.3, 0.4) is 0 Å². The van der Waals surface area contributed by atoms with Crippen molar-refractivity contribution in [1.82, 2.24) is 20.4 Å². The van der Waals surface area contributed by atoms with E-state index >= 15 is 0 Å². The number of nitrogens with zero attached hydrogens (tertiary/aromatic N) is 2. The summed E-state index contributed by atoms with van der Waals surface area (Å²) >= 11 is 0. The first-order valence-electron chi connectivity index (χ1n) is 7.72. The molecule has 3 aliphatic heterocycles. The van der Waals surface area contributed by atoms with Gasteiger partial charge in [-0.05, 0) is 32.2 Å². The van der Waals surface area contributed by atoms with Crippen molar-refractivity contribution < 1.29 is 19.2 Å². The second-order valence-corrected chi connectivity index (χ2v) is 5.93. The lowest BCUT2D eigenvalue weighted by Gasteiger charge is -2.32. The predicted molar refractivity (Wildman–Crippen MR) is 75.5 cm³/mol. The Hall–Kier alpha value is -1.96. The quantitative estimate of drug-likeness (QED) is 0.587. The normalized spacial score (nSPS) is 28.9. The molecule has 8 heteroatoms. The fourth-order valence-electron chi connectivity index (χ4n) is 3.32. The number of imide groups is 1. The maximum atomic E-state index is 12.6. The molecule has 4 amide bonds. The molecule has 0 bridgehead atoms. The van der Waals surface area contributed by atoms with Crippen molar-refractivity contribution >= 4 is 23.6 Å². The van der Waals surface area contributed by atoms with Crippen LogP contribution in [0.25, 0.3) is 0 Å². The Bertz CT molecular complexity index is 515. The van der Waals surface area contributed by atoms with Gasteiger partial charge in [0.2, 0.25) is 17.7 Å². The van der Waals surface area contributed by atoms with Crippen LogP contribution in [0.5, 0.6) is 0 Å². The number of carbonyl (C=O) groups is 4. The van der Waals surface area contributed by atoms with Crippen molar-refractivity contribution in [1.29, 1.82) is 0 Å². The van der Waals surface area contributed by atoms with Crippen molar-refractivity contribution in [2.45, 2.75) is 37.8 Å². The molecule has 3 saturated heterocycles. The van der Waals surface area contributed by atoms with Crippen molar-refractivity contribution in [2.75, 3.05) is 26.2 Å². The van der Waals surface area contributed by atoms with Crippen molar-refractivity contribution in [3.8, 4) is 0 Å². The monoisotopic (exact) mass is 308 g/mol. The van der Waals surface area contributed by atoms with E-state index < -0.39 is 17.9 Å². The summed E-state index contributed by atoms with van der Waals surface area (Å²) in [7, 11) is 0. The second kappa shape index (κ2) is 6.04. The standard InChI is InChI=1S/C14H20N4O4/c19-11-8-18(12(20)7-16-11)14(22)10-4-2-6-17(10)13(21)9-3-1-5-15-9/h9-10,15H,1-8H2,(H,16,19)/t9-,10+/m0/s1. The SMILES string of the molecule is O=C1CN(C(=O)[C@H]2CCCN2C(=O)[C@@H]2CCCN2)C(=O)CN1. The van der Waals surface area contributed by atoms with Gasteiger partial charge >= 0.3 is 0 Å². The van der Waals surface area contributed by atoms with Crippen molar-refractivity contribution in [3.05, 3.63) is 0 Å². The number of likely N-dealkylation sites (tertiary alicyclic amines) is 1. The zero-order chi connectivity index (χ0) is 15.7. The van der Waals surface area contributed by atoms with Gasteiger partial charge in [0.15, 0.2) is 0 Å². The molecule has 0 radical (unpaired) electrons. The second-order valence-electron chi connectivity index (χ2n) is 5.93. The highest BCUT2D eigenvalue weighted by molar-refractivity contribution is 6.06. The predicted octanol–water partition coefficient (Wildman–Crippen LogP) is -1.79. The van der Waals surface area contributed by atoms with Gasteiger partial charge < -0.3 is 15.5 Å². The number of hydrogen-bond donors (Lipinski definition) is 2. The number of rotatable bonds is 2. The molecule has 0 unspecified atom stereocenters. The third kappa shape index (κ3) is 2.70. The van der Waals surface area contributed by atoms with Crippen LogP contribution < -0.4 is 10.6 Å². The van der Waals surface area contributed by atoms with Gasteiger partial charge in [-0.1, -0.05) is 0 Å². The zero-order valence-electron chi connectivity index (χ0n) is 12.3. The molecule has 0 saturated carbocycles. The van der Waals surface area contributed by atoms with Crippen LogP contribution in [0.4, 0.5) is 0 Å². The first-order valence-corrected chi connectivity index (χ1v) is 7.72. The number of carbonyl (C=O) groups excluding carboxylic acids is 4. The minimum Gasteiger partial charge on any atom is -0.345 e. The van der Waals surface area contributed by atoms with E-state index in [9.17, 15) is 19.2 Å². The average Bonchev–Trinajstić information content (AvgIpc) is 3.19. The number of piperazine rings is 1. The Morgan fingerprint density at radius 1 is 1.09 bits per heavy atom. The molecule has 0 aromatic carbocycles. The van der Waals surface area contributed by atoms with Gasteiger partial charge in [-0.3, -0.25) is 24.1 Å². The molecule has 8 nitrogen and oxygen atoms in total. The molecule has 3 fully saturated rings. The van der Waals surface area contributed by atoms with Crippen molar-refractivity contribution in [2.24, 2.45) is 0 Å². The van der Waals surface area contributed by atoms with Gasteiger partial charge in [0.25, 0.3) is 5.91 Å². The maximum Gasteiger partial charge on any atom is 0.252 e. The average molecular weight is 308 g/mol. The molecule has 3 rings (SSSR count). The van der Waals surface area contributed by atoms with E-state index in [2.05, 4.69) is 10.6 Å². The number of hydrogen-bond acceptors (Lipinski definition) is 5. The lowest BCUT2D eigenvalue weighted by molar-refractivity contribution is -0.155. The summed E-state index contributed by atoms with van der Waals surface area (Å²) in [6.07, 6.45) is 3.01. The Balaban J connectivity index is 1.71. The zero-order valence-corrected chi connectivity index (χ0v) is 12.3. The molecule has 0 aliphatic carbocycles. The largest absolute Gasteiger partial charge is 0.345 e. The summed E-state index contributed by atoms with van der Waals surface area (Å²) < 4.78 is 0. The molecule has 22 heavy (non-hydrogen) atoms. The first kappa shape index (κ1) is 15.0. The molecule has 3 aliphatic rings. The fourth-order valence-corrected chi connectivity index (χ4v) is 3.32. The van der Waals surface area contributed by atoms with Gasteiger partial charge in [0.1, 0.15) is 12.6 Å². The molecule has 0 aromatic rings. The summed E-state index contributed by atoms with van der Waals surface area (Å²) in [5.74, 6) is -1.25. The van der Waals surface area contributed by atoms with Crippen LogP contribution in [-0.2, 0) is 19.2 Å². The highest BCUT2D eigenvalue weighted by Crippen LogP contribution is 2.22. The van der Waals surface area contributed by atoms with E-state index in [1.54, 1.807) is 4.90 Å². The third-order valence-corrected chi connectivity index (χ3v) is 4.48. The Labute approximate surface area is 128 Å². The molecule has 120 valence electrons. The van der Waals surface area contributed by atoms with Gasteiger partial charge in [0, 0.05) is 6.54 Å². The van der Waals surface area contributed by atoms with Crippen LogP contribution >= 0.6 is 0 Å². The van der Waals surface area contributed by atoms with Gasteiger partial charge in [-0.15, -0.1) is 0 Å². The molecule has 2 N–H and O–H groups in total. The van der Waals surface area contributed by atoms with Gasteiger partial charge in [-0.25, -0.2) is 0 Å². The van der Waals surface area contributed by atoms with Crippen LogP contribution in [0.2, 0.25) is 0 Å². The first-order chi connectivity index (χ1) is 10.6. The fraction of sp³-hybridized carbons (Fsp3) is 0.714. The Kier molecular flexibility index (Phi) is 4.10. The highest BCUT2D eigenvalue weighted by Gasteiger charge is 2.42. The van der Waals surface area contributed by atoms with E-state index in [1.807, 2.05) is 0 Å². The van der Waals surface area contributed by atoms with Gasteiger partial charge in [-0.2, -0.15) is 0 Å². The molecule has 0 spiro atoms. The van der Waals surface area contributed by atoms with Crippen LogP contribution in [0.15, 0.2) is 0 Å². The third-order valence-electron chi connectivity index (χ3n) is 4.48. The maximum absolute atomic E-state index is 12.6. The van der Waals surface area contributed by atoms with Crippen LogP contribution in [-0.4, -0.2) is 71.7 Å². The van der Waals surface area contributed by atoms with E-state index in [4.69, 9.17) is 0 Å². The lowest BCUT2D eigenvalue weighted by Crippen LogP contribution is -2.59. The Morgan fingerprint density at radius 3 is 2.64 bits per heavy atom.